The summed E-state index contributed by atoms with van der Waals surface area (Å²) in [6, 6.07) is 24.2. The van der Waals surface area contributed by atoms with E-state index < -0.39 is 0 Å². The number of rotatable bonds is 3. The summed E-state index contributed by atoms with van der Waals surface area (Å²) < 4.78 is 4.74. The van der Waals surface area contributed by atoms with Crippen molar-refractivity contribution >= 4 is 38.4 Å². The van der Waals surface area contributed by atoms with Crippen molar-refractivity contribution in [3.05, 3.63) is 84.1 Å². The summed E-state index contributed by atoms with van der Waals surface area (Å²) in [5, 5.41) is 5.04. The van der Waals surface area contributed by atoms with Gasteiger partial charge in [0.25, 0.3) is 0 Å². The van der Waals surface area contributed by atoms with E-state index in [1.807, 2.05) is 0 Å². The summed E-state index contributed by atoms with van der Waals surface area (Å²) in [7, 11) is 2.18. The number of hydrogen-bond acceptors (Lipinski definition) is 1. The van der Waals surface area contributed by atoms with Crippen LogP contribution in [0.1, 0.15) is 50.7 Å². The van der Waals surface area contributed by atoms with Crippen molar-refractivity contribution in [2.45, 2.75) is 39.5 Å². The Balaban J connectivity index is 1.90. The zero-order chi connectivity index (χ0) is 22.9. The molecule has 0 radical (unpaired) electrons. The van der Waals surface area contributed by atoms with Gasteiger partial charge in [0.1, 0.15) is 11.3 Å². The summed E-state index contributed by atoms with van der Waals surface area (Å²) in [6.45, 7) is 9.14. The molecule has 6 aromatic rings. The molecule has 3 aromatic heterocycles. The number of fused-ring (bicyclic) bond motifs is 8. The second-order valence-corrected chi connectivity index (χ2v) is 9.74. The second kappa shape index (κ2) is 7.21. The monoisotopic (exact) mass is 431 g/mol. The SMILES string of the molecule is CC(C)c1cccc(C(C)C)c1-c1cnc2c3ccccc3c3c4ccccc4n(C)c3n12. The molecular formula is C30H29N3. The maximum atomic E-state index is 5.04. The fourth-order valence-electron chi connectivity index (χ4n) is 5.58. The Morgan fingerprint density at radius 1 is 0.697 bits per heavy atom. The largest absolute Gasteiger partial charge is 0.329 e. The lowest BCUT2D eigenvalue weighted by Crippen LogP contribution is -2.04. The van der Waals surface area contributed by atoms with Crippen LogP contribution in [0.15, 0.2) is 72.9 Å². The normalized spacial score (nSPS) is 12.3. The highest BCUT2D eigenvalue weighted by molar-refractivity contribution is 6.22. The molecule has 3 nitrogen and oxygen atoms in total. The smallest absolute Gasteiger partial charge is 0.146 e. The van der Waals surface area contributed by atoms with E-state index in [-0.39, 0.29) is 0 Å². The Hall–Kier alpha value is -3.59. The quantitative estimate of drug-likeness (QED) is 0.278. The highest BCUT2D eigenvalue weighted by Crippen LogP contribution is 2.41. The number of aryl methyl sites for hydroxylation is 1. The number of aromatic nitrogens is 3. The number of imidazole rings is 1. The predicted octanol–water partition coefficient (Wildman–Crippen LogP) is 8.05. The van der Waals surface area contributed by atoms with Gasteiger partial charge >= 0.3 is 0 Å². The van der Waals surface area contributed by atoms with E-state index in [1.165, 1.54) is 55.1 Å². The van der Waals surface area contributed by atoms with E-state index in [1.54, 1.807) is 0 Å². The van der Waals surface area contributed by atoms with Gasteiger partial charge in [-0.3, -0.25) is 4.40 Å². The molecule has 164 valence electrons. The van der Waals surface area contributed by atoms with Crippen LogP contribution in [0, 0.1) is 0 Å². The Bertz CT molecular complexity index is 1650. The van der Waals surface area contributed by atoms with Crippen LogP contribution in [0.5, 0.6) is 0 Å². The summed E-state index contributed by atoms with van der Waals surface area (Å²) >= 11 is 0. The first-order valence-electron chi connectivity index (χ1n) is 11.9. The van der Waals surface area contributed by atoms with Gasteiger partial charge in [-0.15, -0.1) is 0 Å². The van der Waals surface area contributed by atoms with Crippen molar-refractivity contribution in [3.8, 4) is 11.3 Å². The average molecular weight is 432 g/mol. The second-order valence-electron chi connectivity index (χ2n) is 9.74. The number of nitrogens with zero attached hydrogens (tertiary/aromatic N) is 3. The Morgan fingerprint density at radius 2 is 1.30 bits per heavy atom. The number of pyridine rings is 1. The van der Waals surface area contributed by atoms with Gasteiger partial charge < -0.3 is 4.57 Å². The van der Waals surface area contributed by atoms with Crippen molar-refractivity contribution in [1.82, 2.24) is 14.0 Å². The van der Waals surface area contributed by atoms with Crippen LogP contribution in [0.3, 0.4) is 0 Å². The van der Waals surface area contributed by atoms with Gasteiger partial charge in [-0.05, 0) is 34.4 Å². The summed E-state index contributed by atoms with van der Waals surface area (Å²) in [6.07, 6.45) is 2.09. The van der Waals surface area contributed by atoms with Crippen molar-refractivity contribution in [2.24, 2.45) is 7.05 Å². The van der Waals surface area contributed by atoms with Gasteiger partial charge in [-0.2, -0.15) is 0 Å². The van der Waals surface area contributed by atoms with E-state index in [4.69, 9.17) is 4.98 Å². The first-order chi connectivity index (χ1) is 16.0. The maximum absolute atomic E-state index is 5.04. The van der Waals surface area contributed by atoms with E-state index >= 15 is 0 Å². The molecule has 0 bridgehead atoms. The first kappa shape index (κ1) is 20.0. The van der Waals surface area contributed by atoms with Gasteiger partial charge in [-0.25, -0.2) is 4.98 Å². The third-order valence-electron chi connectivity index (χ3n) is 7.12. The molecule has 0 aliphatic carbocycles. The molecule has 0 unspecified atom stereocenters. The fourth-order valence-corrected chi connectivity index (χ4v) is 5.58. The zero-order valence-electron chi connectivity index (χ0n) is 19.9. The third kappa shape index (κ3) is 2.72. The molecule has 0 saturated carbocycles. The summed E-state index contributed by atoms with van der Waals surface area (Å²) in [5.74, 6) is 0.848. The molecule has 0 saturated heterocycles. The molecule has 6 rings (SSSR count). The Morgan fingerprint density at radius 3 is 1.97 bits per heavy atom. The van der Waals surface area contributed by atoms with E-state index in [2.05, 4.69) is 117 Å². The molecule has 3 aromatic carbocycles. The lowest BCUT2D eigenvalue weighted by Gasteiger charge is -2.20. The Kier molecular flexibility index (Phi) is 4.38. The molecule has 0 fully saturated rings. The molecule has 3 heteroatoms. The van der Waals surface area contributed by atoms with Gasteiger partial charge in [0, 0.05) is 28.8 Å². The lowest BCUT2D eigenvalue weighted by molar-refractivity contribution is 0.835. The maximum Gasteiger partial charge on any atom is 0.146 e. The topological polar surface area (TPSA) is 22.2 Å². The first-order valence-corrected chi connectivity index (χ1v) is 11.9. The number of para-hydroxylation sites is 1. The van der Waals surface area contributed by atoms with Crippen molar-refractivity contribution in [2.75, 3.05) is 0 Å². The van der Waals surface area contributed by atoms with Crippen LogP contribution in [0.4, 0.5) is 0 Å². The van der Waals surface area contributed by atoms with Crippen LogP contribution >= 0.6 is 0 Å². The van der Waals surface area contributed by atoms with Crippen molar-refractivity contribution in [3.63, 3.8) is 0 Å². The van der Waals surface area contributed by atoms with E-state index in [9.17, 15) is 0 Å². The van der Waals surface area contributed by atoms with Crippen LogP contribution in [0.25, 0.3) is 49.6 Å². The van der Waals surface area contributed by atoms with Crippen LogP contribution in [-0.2, 0) is 7.05 Å². The third-order valence-corrected chi connectivity index (χ3v) is 7.12. The average Bonchev–Trinajstić information content (AvgIpc) is 3.38. The molecule has 0 aliphatic rings. The molecule has 3 heterocycles. The van der Waals surface area contributed by atoms with Gasteiger partial charge in [0.2, 0.25) is 0 Å². The van der Waals surface area contributed by atoms with Crippen LogP contribution in [0.2, 0.25) is 0 Å². The van der Waals surface area contributed by atoms with Gasteiger partial charge in [-0.1, -0.05) is 88.4 Å². The van der Waals surface area contributed by atoms with E-state index in [0.29, 0.717) is 11.8 Å². The predicted molar refractivity (Wildman–Crippen MR) is 140 cm³/mol. The van der Waals surface area contributed by atoms with Gasteiger partial charge in [0.15, 0.2) is 0 Å². The number of hydrogen-bond donors (Lipinski definition) is 0. The van der Waals surface area contributed by atoms with Gasteiger partial charge in [0.05, 0.1) is 17.4 Å². The molecule has 0 atom stereocenters. The molecular weight excluding hydrogens is 402 g/mol. The highest BCUT2D eigenvalue weighted by Gasteiger charge is 2.23. The van der Waals surface area contributed by atoms with Crippen molar-refractivity contribution < 1.29 is 0 Å². The molecule has 0 spiro atoms. The minimum absolute atomic E-state index is 0.424. The number of benzene rings is 3. The minimum Gasteiger partial charge on any atom is -0.329 e. The summed E-state index contributed by atoms with van der Waals surface area (Å²) in [4.78, 5) is 5.04. The standard InChI is InChI=1S/C30H29N3/c1-18(2)20-14-10-15-21(19(3)4)27(20)26-17-31-29-23-12-7-6-11-22(23)28-24-13-8-9-16-25(24)32(5)30(28)33(26)29/h6-19H,1-5H3. The van der Waals surface area contributed by atoms with E-state index in [0.717, 1.165) is 5.65 Å². The van der Waals surface area contributed by atoms with Crippen LogP contribution < -0.4 is 0 Å². The molecule has 0 amide bonds. The van der Waals surface area contributed by atoms with Crippen LogP contribution in [-0.4, -0.2) is 14.0 Å². The fraction of sp³-hybridized carbons (Fsp3) is 0.233. The molecule has 33 heavy (non-hydrogen) atoms. The molecule has 0 aliphatic heterocycles. The minimum atomic E-state index is 0.424. The molecule has 0 N–H and O–H groups in total. The van der Waals surface area contributed by atoms with Crippen molar-refractivity contribution in [1.29, 1.82) is 0 Å². The Labute approximate surface area is 194 Å². The summed E-state index contributed by atoms with van der Waals surface area (Å²) in [5.41, 5.74) is 8.73. The highest BCUT2D eigenvalue weighted by atomic mass is 15.1. The zero-order valence-corrected chi connectivity index (χ0v) is 19.9. The lowest BCUT2D eigenvalue weighted by atomic mass is 9.87.